The number of aliphatic imine (C=N–C) groups is 1. The van der Waals surface area contributed by atoms with Crippen molar-refractivity contribution < 1.29 is 14.3 Å². The molecular weight excluding hydrogens is 384 g/mol. The van der Waals surface area contributed by atoms with E-state index >= 15 is 0 Å². The summed E-state index contributed by atoms with van der Waals surface area (Å²) in [5.41, 5.74) is 0.151. The molecule has 1 aromatic heterocycles. The Morgan fingerprint density at radius 3 is 2.93 bits per heavy atom. The smallest absolute Gasteiger partial charge is 0.268 e. The molecule has 1 amide bonds. The summed E-state index contributed by atoms with van der Waals surface area (Å²) in [5, 5.41) is 7.42. The Balaban J connectivity index is 1.60. The van der Waals surface area contributed by atoms with Crippen molar-refractivity contribution in [3.8, 4) is 11.5 Å². The molecule has 0 aliphatic carbocycles. The Bertz CT molecular complexity index is 860. The van der Waals surface area contributed by atoms with Crippen LogP contribution in [-0.4, -0.2) is 24.0 Å². The number of hydrogen-bond donors (Lipinski definition) is 1. The Morgan fingerprint density at radius 1 is 1.37 bits per heavy atom. The lowest BCUT2D eigenvalue weighted by atomic mass is 10.1. The first-order valence-corrected chi connectivity index (χ1v) is 9.92. The number of benzene rings is 1. The third kappa shape index (κ3) is 5.34. The first kappa shape index (κ1) is 19.5. The van der Waals surface area contributed by atoms with Crippen LogP contribution in [0, 0.1) is 0 Å². The van der Waals surface area contributed by atoms with Gasteiger partial charge in [0.15, 0.2) is 5.60 Å². The molecule has 1 N–H and O–H groups in total. The van der Waals surface area contributed by atoms with Crippen molar-refractivity contribution in [2.75, 3.05) is 6.61 Å². The zero-order valence-corrected chi connectivity index (χ0v) is 16.8. The van der Waals surface area contributed by atoms with E-state index in [0.29, 0.717) is 35.4 Å². The van der Waals surface area contributed by atoms with Crippen molar-refractivity contribution in [2.24, 2.45) is 4.99 Å². The highest BCUT2D eigenvalue weighted by Crippen LogP contribution is 2.31. The second-order valence-corrected chi connectivity index (χ2v) is 7.74. The van der Waals surface area contributed by atoms with Gasteiger partial charge in [0, 0.05) is 25.1 Å². The molecule has 0 saturated heterocycles. The maximum atomic E-state index is 12.5. The molecule has 27 heavy (non-hydrogen) atoms. The van der Waals surface area contributed by atoms with Gasteiger partial charge in [0.25, 0.3) is 5.91 Å². The molecule has 1 aliphatic heterocycles. The second-order valence-electron chi connectivity index (χ2n) is 6.55. The molecule has 142 valence electrons. The van der Waals surface area contributed by atoms with E-state index in [1.807, 2.05) is 11.5 Å². The van der Waals surface area contributed by atoms with Crippen LogP contribution in [0.5, 0.6) is 11.5 Å². The number of amides is 1. The lowest BCUT2D eigenvalue weighted by Gasteiger charge is -2.25. The zero-order chi connectivity index (χ0) is 19.3. The van der Waals surface area contributed by atoms with Crippen LogP contribution < -0.4 is 14.8 Å². The van der Waals surface area contributed by atoms with Crippen LogP contribution in [-0.2, 0) is 11.2 Å². The summed E-state index contributed by atoms with van der Waals surface area (Å²) >= 11 is 7.88. The van der Waals surface area contributed by atoms with E-state index in [1.54, 1.807) is 49.6 Å². The number of hydrogen-bond acceptors (Lipinski definition) is 5. The van der Waals surface area contributed by atoms with Gasteiger partial charge in [-0.3, -0.25) is 4.79 Å². The van der Waals surface area contributed by atoms with E-state index in [4.69, 9.17) is 21.1 Å². The average molecular weight is 405 g/mol. The maximum absolute atomic E-state index is 12.5. The SMILES string of the molecule is CC(C)(Oc1ccc(Cl)c(OCCc2ccsc2)c1)C(=O)NC1=NC=CC1. The highest BCUT2D eigenvalue weighted by molar-refractivity contribution is 7.07. The van der Waals surface area contributed by atoms with Gasteiger partial charge in [-0.15, -0.1) is 0 Å². The van der Waals surface area contributed by atoms with Gasteiger partial charge in [-0.05, 0) is 48.4 Å². The Kier molecular flexibility index (Phi) is 6.19. The fraction of sp³-hybridized carbons (Fsp3) is 0.300. The molecule has 2 aromatic rings. The maximum Gasteiger partial charge on any atom is 0.268 e. The summed E-state index contributed by atoms with van der Waals surface area (Å²) in [6, 6.07) is 7.20. The molecule has 0 bridgehead atoms. The number of halogens is 1. The Labute approximate surface area is 167 Å². The van der Waals surface area contributed by atoms with Crippen LogP contribution >= 0.6 is 22.9 Å². The quantitative estimate of drug-likeness (QED) is 0.732. The fourth-order valence-electron chi connectivity index (χ4n) is 2.44. The molecule has 2 heterocycles. The molecule has 1 aliphatic rings. The molecule has 0 unspecified atom stereocenters. The first-order valence-electron chi connectivity index (χ1n) is 8.59. The van der Waals surface area contributed by atoms with Crippen LogP contribution in [0.2, 0.25) is 5.02 Å². The van der Waals surface area contributed by atoms with Crippen molar-refractivity contribution in [1.82, 2.24) is 5.32 Å². The third-order valence-corrected chi connectivity index (χ3v) is 5.00. The number of nitrogens with zero attached hydrogens (tertiary/aromatic N) is 1. The van der Waals surface area contributed by atoms with Gasteiger partial charge >= 0.3 is 0 Å². The van der Waals surface area contributed by atoms with Gasteiger partial charge in [-0.1, -0.05) is 17.7 Å². The summed E-state index contributed by atoms with van der Waals surface area (Å²) in [4.78, 5) is 16.6. The van der Waals surface area contributed by atoms with E-state index in [0.717, 1.165) is 6.42 Å². The van der Waals surface area contributed by atoms with Crippen molar-refractivity contribution >= 4 is 34.7 Å². The van der Waals surface area contributed by atoms with Gasteiger partial charge < -0.3 is 14.8 Å². The van der Waals surface area contributed by atoms with Gasteiger partial charge in [-0.2, -0.15) is 11.3 Å². The van der Waals surface area contributed by atoms with Crippen molar-refractivity contribution in [3.63, 3.8) is 0 Å². The van der Waals surface area contributed by atoms with Crippen molar-refractivity contribution in [2.45, 2.75) is 32.3 Å². The third-order valence-electron chi connectivity index (χ3n) is 3.96. The fourth-order valence-corrected chi connectivity index (χ4v) is 3.31. The first-order chi connectivity index (χ1) is 12.9. The van der Waals surface area contributed by atoms with E-state index in [-0.39, 0.29) is 5.91 Å². The molecule has 0 saturated carbocycles. The van der Waals surface area contributed by atoms with Gasteiger partial charge in [-0.25, -0.2) is 4.99 Å². The summed E-state index contributed by atoms with van der Waals surface area (Å²) in [5.74, 6) is 1.40. The number of carbonyl (C=O) groups is 1. The van der Waals surface area contributed by atoms with E-state index in [1.165, 1.54) is 5.56 Å². The summed E-state index contributed by atoms with van der Waals surface area (Å²) in [7, 11) is 0. The van der Waals surface area contributed by atoms with Crippen molar-refractivity contribution in [1.29, 1.82) is 0 Å². The van der Waals surface area contributed by atoms with Crippen LogP contribution in [0.15, 0.2) is 52.3 Å². The van der Waals surface area contributed by atoms with E-state index in [9.17, 15) is 4.79 Å². The van der Waals surface area contributed by atoms with Crippen LogP contribution in [0.4, 0.5) is 0 Å². The van der Waals surface area contributed by atoms with Gasteiger partial charge in [0.2, 0.25) is 0 Å². The molecule has 0 fully saturated rings. The summed E-state index contributed by atoms with van der Waals surface area (Å²) < 4.78 is 11.7. The molecular formula is C20H21ClN2O3S. The Hall–Kier alpha value is -2.31. The number of rotatable bonds is 7. The van der Waals surface area contributed by atoms with Crippen LogP contribution in [0.3, 0.4) is 0 Å². The van der Waals surface area contributed by atoms with Gasteiger partial charge in [0.05, 0.1) is 11.6 Å². The minimum atomic E-state index is -1.08. The van der Waals surface area contributed by atoms with Crippen LogP contribution in [0.25, 0.3) is 0 Å². The normalized spacial score (nSPS) is 13.4. The predicted octanol–water partition coefficient (Wildman–Crippen LogP) is 4.61. The highest BCUT2D eigenvalue weighted by Gasteiger charge is 2.31. The second kappa shape index (κ2) is 8.59. The summed E-state index contributed by atoms with van der Waals surface area (Å²) in [6.07, 6.45) is 4.96. The minimum absolute atomic E-state index is 0.264. The average Bonchev–Trinajstić information content (AvgIpc) is 3.31. The standard InChI is InChI=1S/C20H21ClN2O3S/c1-20(2,19(24)23-18-4-3-9-22-18)26-15-5-6-16(21)17(12-15)25-10-7-14-8-11-27-13-14/h3,5-6,8-9,11-13H,4,7,10H2,1-2H3,(H,22,23,24). The topological polar surface area (TPSA) is 59.9 Å². The molecule has 0 spiro atoms. The summed E-state index contributed by atoms with van der Waals surface area (Å²) in [6.45, 7) is 3.92. The lowest BCUT2D eigenvalue weighted by Crippen LogP contribution is -2.48. The van der Waals surface area contributed by atoms with E-state index < -0.39 is 5.60 Å². The monoisotopic (exact) mass is 404 g/mol. The number of thiophene rings is 1. The lowest BCUT2D eigenvalue weighted by molar-refractivity contribution is -0.132. The molecule has 3 rings (SSSR count). The van der Waals surface area contributed by atoms with E-state index in [2.05, 4.69) is 21.8 Å². The number of carbonyl (C=O) groups excluding carboxylic acids is 1. The van der Waals surface area contributed by atoms with Gasteiger partial charge in [0.1, 0.15) is 17.3 Å². The molecule has 7 heteroatoms. The van der Waals surface area contributed by atoms with Crippen LogP contribution in [0.1, 0.15) is 25.8 Å². The number of amidine groups is 1. The molecule has 5 nitrogen and oxygen atoms in total. The van der Waals surface area contributed by atoms with Crippen molar-refractivity contribution in [3.05, 3.63) is 57.9 Å². The molecule has 1 aromatic carbocycles. The minimum Gasteiger partial charge on any atom is -0.492 e. The highest BCUT2D eigenvalue weighted by atomic mass is 35.5. The molecule has 0 radical (unpaired) electrons. The predicted molar refractivity (Wildman–Crippen MR) is 109 cm³/mol. The number of nitrogens with one attached hydrogen (secondary N) is 1. The number of ether oxygens (including phenoxy) is 2. The zero-order valence-electron chi connectivity index (χ0n) is 15.2. The Morgan fingerprint density at radius 2 is 2.22 bits per heavy atom. The largest absolute Gasteiger partial charge is 0.492 e. The molecule has 0 atom stereocenters.